The molecule has 0 aliphatic rings. The van der Waals surface area contributed by atoms with Crippen molar-refractivity contribution in [3.8, 4) is 5.75 Å². The van der Waals surface area contributed by atoms with Gasteiger partial charge in [-0.3, -0.25) is 0 Å². The first kappa shape index (κ1) is 22.5. The molecule has 2 rings (SSSR count). The maximum atomic E-state index is 6.12. The van der Waals surface area contributed by atoms with Crippen LogP contribution < -0.4 is 10.5 Å². The van der Waals surface area contributed by atoms with Crippen LogP contribution in [-0.2, 0) is 6.54 Å². The first-order valence-electron chi connectivity index (χ1n) is 10.2. The second kappa shape index (κ2) is 11.2. The Morgan fingerprint density at radius 1 is 0.929 bits per heavy atom. The van der Waals surface area contributed by atoms with Gasteiger partial charge in [-0.25, -0.2) is 4.98 Å². The van der Waals surface area contributed by atoms with Gasteiger partial charge in [-0.15, -0.1) is 0 Å². The van der Waals surface area contributed by atoms with Crippen molar-refractivity contribution >= 4 is 17.0 Å². The molecule has 0 saturated carbocycles. The van der Waals surface area contributed by atoms with Gasteiger partial charge in [0.15, 0.2) is 0 Å². The van der Waals surface area contributed by atoms with Gasteiger partial charge in [-0.05, 0) is 86.3 Å². The molecule has 0 aliphatic heterocycles. The standard InChI is InChI=1S/C21H38N6O/c1-24(2)11-6-13-26(5)14-8-16-28-18-9-10-19-20(17-18)27(21(22)23-19)15-7-12-25(3)4/h9-10,17H,6-8,11-16H2,1-5H3,(H2,22,23). The minimum atomic E-state index is 0.574. The maximum absolute atomic E-state index is 6.12. The largest absolute Gasteiger partial charge is 0.493 e. The van der Waals surface area contributed by atoms with Gasteiger partial charge in [-0.2, -0.15) is 0 Å². The van der Waals surface area contributed by atoms with Crippen LogP contribution in [0, 0.1) is 0 Å². The molecular formula is C21H38N6O. The molecule has 28 heavy (non-hydrogen) atoms. The van der Waals surface area contributed by atoms with E-state index in [0.717, 1.165) is 62.3 Å². The Morgan fingerprint density at radius 3 is 2.32 bits per heavy atom. The molecule has 0 atom stereocenters. The number of aryl methyl sites for hydroxylation is 1. The summed E-state index contributed by atoms with van der Waals surface area (Å²) in [6, 6.07) is 6.05. The van der Waals surface area contributed by atoms with Gasteiger partial charge >= 0.3 is 0 Å². The Balaban J connectivity index is 1.83. The third-order valence-electron chi connectivity index (χ3n) is 4.83. The smallest absolute Gasteiger partial charge is 0.201 e. The lowest BCUT2D eigenvalue weighted by Crippen LogP contribution is -2.25. The fraction of sp³-hybridized carbons (Fsp3) is 0.667. The summed E-state index contributed by atoms with van der Waals surface area (Å²) in [5.74, 6) is 1.46. The molecule has 158 valence electrons. The van der Waals surface area contributed by atoms with E-state index >= 15 is 0 Å². The molecule has 0 spiro atoms. The zero-order valence-corrected chi connectivity index (χ0v) is 18.3. The molecule has 0 aliphatic carbocycles. The van der Waals surface area contributed by atoms with E-state index in [9.17, 15) is 0 Å². The lowest BCUT2D eigenvalue weighted by Gasteiger charge is -2.18. The first-order chi connectivity index (χ1) is 13.4. The van der Waals surface area contributed by atoms with Gasteiger partial charge in [0.25, 0.3) is 0 Å². The van der Waals surface area contributed by atoms with Crippen molar-refractivity contribution in [2.45, 2.75) is 25.8 Å². The zero-order chi connectivity index (χ0) is 20.5. The van der Waals surface area contributed by atoms with Crippen LogP contribution in [0.5, 0.6) is 5.75 Å². The number of fused-ring (bicyclic) bond motifs is 1. The minimum absolute atomic E-state index is 0.574. The van der Waals surface area contributed by atoms with Crippen LogP contribution in [-0.4, -0.2) is 92.3 Å². The molecule has 1 aromatic heterocycles. The summed E-state index contributed by atoms with van der Waals surface area (Å²) in [6.07, 6.45) is 3.24. The van der Waals surface area contributed by atoms with Crippen LogP contribution in [0.2, 0.25) is 0 Å². The summed E-state index contributed by atoms with van der Waals surface area (Å²) >= 11 is 0. The molecule has 7 nitrogen and oxygen atoms in total. The number of aromatic nitrogens is 2. The number of hydrogen-bond donors (Lipinski definition) is 1. The van der Waals surface area contributed by atoms with Crippen molar-refractivity contribution < 1.29 is 4.74 Å². The highest BCUT2D eigenvalue weighted by Crippen LogP contribution is 2.23. The lowest BCUT2D eigenvalue weighted by atomic mass is 10.3. The summed E-state index contributed by atoms with van der Waals surface area (Å²) in [5.41, 5.74) is 8.10. The lowest BCUT2D eigenvalue weighted by molar-refractivity contribution is 0.254. The van der Waals surface area contributed by atoms with E-state index in [-0.39, 0.29) is 0 Å². The van der Waals surface area contributed by atoms with Crippen LogP contribution in [0.4, 0.5) is 5.95 Å². The summed E-state index contributed by atoms with van der Waals surface area (Å²) in [6.45, 7) is 5.90. The molecule has 1 heterocycles. The van der Waals surface area contributed by atoms with Gasteiger partial charge in [0.1, 0.15) is 5.75 Å². The van der Waals surface area contributed by atoms with Crippen molar-refractivity contribution in [1.29, 1.82) is 0 Å². The number of nitrogens with zero attached hydrogens (tertiary/aromatic N) is 5. The number of hydrogen-bond acceptors (Lipinski definition) is 6. The van der Waals surface area contributed by atoms with Crippen LogP contribution in [0.15, 0.2) is 18.2 Å². The summed E-state index contributed by atoms with van der Waals surface area (Å²) < 4.78 is 8.08. The molecule has 0 bridgehead atoms. The molecule has 0 radical (unpaired) electrons. The molecule has 0 fully saturated rings. The highest BCUT2D eigenvalue weighted by molar-refractivity contribution is 5.79. The molecular weight excluding hydrogens is 352 g/mol. The van der Waals surface area contributed by atoms with Crippen LogP contribution in [0.1, 0.15) is 19.3 Å². The first-order valence-corrected chi connectivity index (χ1v) is 10.2. The number of nitrogen functional groups attached to an aromatic ring is 1. The SMILES string of the molecule is CN(C)CCCN(C)CCCOc1ccc2nc(N)n(CCCN(C)C)c2c1. The zero-order valence-electron chi connectivity index (χ0n) is 18.3. The third-order valence-corrected chi connectivity index (χ3v) is 4.83. The second-order valence-electron chi connectivity index (χ2n) is 8.09. The van der Waals surface area contributed by atoms with Crippen molar-refractivity contribution in [1.82, 2.24) is 24.3 Å². The molecule has 7 heteroatoms. The minimum Gasteiger partial charge on any atom is -0.493 e. The fourth-order valence-corrected chi connectivity index (χ4v) is 3.28. The quantitative estimate of drug-likeness (QED) is 0.529. The summed E-state index contributed by atoms with van der Waals surface area (Å²) in [7, 11) is 10.6. The van der Waals surface area contributed by atoms with Crippen LogP contribution >= 0.6 is 0 Å². The van der Waals surface area contributed by atoms with Gasteiger partial charge in [0.2, 0.25) is 5.95 Å². The highest BCUT2D eigenvalue weighted by atomic mass is 16.5. The number of benzene rings is 1. The molecule has 1 aromatic carbocycles. The predicted octanol–water partition coefficient (Wildman–Crippen LogP) is 2.22. The van der Waals surface area contributed by atoms with Crippen molar-refractivity contribution in [3.05, 3.63) is 18.2 Å². The van der Waals surface area contributed by atoms with E-state index in [0.29, 0.717) is 12.6 Å². The van der Waals surface area contributed by atoms with Crippen LogP contribution in [0.3, 0.4) is 0 Å². The predicted molar refractivity (Wildman–Crippen MR) is 118 cm³/mol. The Bertz CT molecular complexity index is 712. The Hall–Kier alpha value is -1.83. The molecule has 0 amide bonds. The number of anilines is 1. The van der Waals surface area contributed by atoms with Gasteiger partial charge in [-0.1, -0.05) is 0 Å². The number of imidazole rings is 1. The monoisotopic (exact) mass is 390 g/mol. The van der Waals surface area contributed by atoms with E-state index in [1.165, 1.54) is 6.42 Å². The Kier molecular flexibility index (Phi) is 9.02. The highest BCUT2D eigenvalue weighted by Gasteiger charge is 2.09. The Labute approximate surface area is 170 Å². The molecule has 0 unspecified atom stereocenters. The van der Waals surface area contributed by atoms with Crippen molar-refractivity contribution in [3.63, 3.8) is 0 Å². The number of rotatable bonds is 13. The van der Waals surface area contributed by atoms with Crippen molar-refractivity contribution in [2.24, 2.45) is 0 Å². The van der Waals surface area contributed by atoms with Gasteiger partial charge < -0.3 is 29.7 Å². The number of nitrogens with two attached hydrogens (primary N) is 1. The van der Waals surface area contributed by atoms with E-state index in [4.69, 9.17) is 10.5 Å². The third kappa shape index (κ3) is 7.30. The number of ether oxygens (including phenoxy) is 1. The summed E-state index contributed by atoms with van der Waals surface area (Å²) in [4.78, 5) is 11.3. The van der Waals surface area contributed by atoms with Gasteiger partial charge in [0, 0.05) is 19.2 Å². The van der Waals surface area contributed by atoms with E-state index in [2.05, 4.69) is 65.6 Å². The molecule has 2 aromatic rings. The second-order valence-corrected chi connectivity index (χ2v) is 8.09. The normalized spacial score (nSPS) is 12.0. The molecule has 2 N–H and O–H groups in total. The van der Waals surface area contributed by atoms with Crippen LogP contribution in [0.25, 0.3) is 11.0 Å². The average Bonchev–Trinajstić information content (AvgIpc) is 2.93. The Morgan fingerprint density at radius 2 is 1.61 bits per heavy atom. The van der Waals surface area contributed by atoms with E-state index < -0.39 is 0 Å². The topological polar surface area (TPSA) is 62.8 Å². The maximum Gasteiger partial charge on any atom is 0.201 e. The van der Waals surface area contributed by atoms with E-state index in [1.54, 1.807) is 0 Å². The van der Waals surface area contributed by atoms with E-state index in [1.807, 2.05) is 12.1 Å². The van der Waals surface area contributed by atoms with Gasteiger partial charge in [0.05, 0.1) is 17.6 Å². The average molecular weight is 391 g/mol. The summed E-state index contributed by atoms with van der Waals surface area (Å²) in [5, 5.41) is 0. The molecule has 0 saturated heterocycles. The van der Waals surface area contributed by atoms with Crippen molar-refractivity contribution in [2.75, 3.05) is 73.8 Å². The fourth-order valence-electron chi connectivity index (χ4n) is 3.28.